The molecule has 1 heterocycles. The molecule has 0 spiro atoms. The van der Waals surface area contributed by atoms with Crippen molar-refractivity contribution in [1.29, 1.82) is 0 Å². The van der Waals surface area contributed by atoms with Gasteiger partial charge in [0, 0.05) is 49.7 Å². The molecule has 0 fully saturated rings. The van der Waals surface area contributed by atoms with Crippen molar-refractivity contribution in [3.63, 3.8) is 0 Å². The molecule has 1 N–H and O–H groups in total. The molecule has 0 bridgehead atoms. The number of fused-ring (bicyclic) bond motifs is 1. The summed E-state index contributed by atoms with van der Waals surface area (Å²) >= 11 is 0. The summed E-state index contributed by atoms with van der Waals surface area (Å²) in [7, 11) is 0. The minimum Gasteiger partial charge on any atom is -0.427 e. The van der Waals surface area contributed by atoms with Crippen molar-refractivity contribution in [2.24, 2.45) is 0 Å². The third-order valence-electron chi connectivity index (χ3n) is 3.47. The van der Waals surface area contributed by atoms with Crippen molar-refractivity contribution >= 4 is 16.9 Å². The van der Waals surface area contributed by atoms with Crippen LogP contribution in [-0.2, 0) is 11.2 Å². The van der Waals surface area contributed by atoms with Gasteiger partial charge in [-0.3, -0.25) is 9.69 Å². The number of nitrogens with zero attached hydrogens (tertiary/aromatic N) is 1. The maximum atomic E-state index is 11.0. The Morgan fingerprint density at radius 3 is 2.68 bits per heavy atom. The lowest BCUT2D eigenvalue weighted by molar-refractivity contribution is -0.131. The summed E-state index contributed by atoms with van der Waals surface area (Å²) in [5, 5.41) is 1.16. The van der Waals surface area contributed by atoms with Crippen LogP contribution >= 0.6 is 0 Å². The van der Waals surface area contributed by atoms with Gasteiger partial charge in [0.2, 0.25) is 0 Å². The Morgan fingerprint density at radius 2 is 2.05 bits per heavy atom. The van der Waals surface area contributed by atoms with Gasteiger partial charge in [0.25, 0.3) is 0 Å². The van der Waals surface area contributed by atoms with E-state index in [-0.39, 0.29) is 5.97 Å². The minimum absolute atomic E-state index is 0.310. The first kappa shape index (κ1) is 16.0. The Balaban J connectivity index is 2.10. The van der Waals surface area contributed by atoms with Crippen LogP contribution in [0, 0.1) is 0 Å². The van der Waals surface area contributed by atoms with Crippen LogP contribution in [0.3, 0.4) is 0 Å². The fourth-order valence-electron chi connectivity index (χ4n) is 2.50. The number of H-pyrrole nitrogens is 1. The molecule has 0 aliphatic heterocycles. The number of rotatable bonds is 8. The van der Waals surface area contributed by atoms with E-state index in [2.05, 4.69) is 23.0 Å². The molecular formula is C18H22N2O2. The number of ether oxygens (including phenoxy) is 1. The molecule has 0 aliphatic carbocycles. The summed E-state index contributed by atoms with van der Waals surface area (Å²) in [6.45, 7) is 11.6. The van der Waals surface area contributed by atoms with Crippen LogP contribution in [0.15, 0.2) is 49.7 Å². The first-order valence-corrected chi connectivity index (χ1v) is 7.36. The number of aromatic amines is 1. The van der Waals surface area contributed by atoms with E-state index in [4.69, 9.17) is 4.74 Å². The second-order valence-electron chi connectivity index (χ2n) is 5.20. The lowest BCUT2D eigenvalue weighted by atomic mass is 10.1. The van der Waals surface area contributed by atoms with Crippen LogP contribution in [0.5, 0.6) is 5.75 Å². The molecule has 0 saturated heterocycles. The van der Waals surface area contributed by atoms with Gasteiger partial charge in [-0.25, -0.2) is 0 Å². The van der Waals surface area contributed by atoms with Gasteiger partial charge >= 0.3 is 5.97 Å². The topological polar surface area (TPSA) is 45.3 Å². The first-order chi connectivity index (χ1) is 10.6. The minimum atomic E-state index is -0.310. The predicted octanol–water partition coefficient (Wildman–Crippen LogP) is 3.31. The Hall–Kier alpha value is -2.33. The second kappa shape index (κ2) is 7.61. The molecule has 0 saturated carbocycles. The fourth-order valence-corrected chi connectivity index (χ4v) is 2.50. The van der Waals surface area contributed by atoms with Crippen molar-refractivity contribution in [2.45, 2.75) is 13.3 Å². The van der Waals surface area contributed by atoms with E-state index in [1.807, 2.05) is 36.5 Å². The van der Waals surface area contributed by atoms with Crippen LogP contribution in [0.2, 0.25) is 0 Å². The maximum Gasteiger partial charge on any atom is 0.308 e. The standard InChI is InChI=1S/C18H22N2O2/c1-4-9-20(10-5-2)11-8-15-13-19-18-12-16(22-14(3)21)6-7-17(15)18/h4-7,12-13,19H,1-2,8-11H2,3H3. The molecule has 0 atom stereocenters. The van der Waals surface area contributed by atoms with Gasteiger partial charge in [0.1, 0.15) is 5.75 Å². The number of hydrogen-bond acceptors (Lipinski definition) is 3. The lowest BCUT2D eigenvalue weighted by Gasteiger charge is -2.18. The number of nitrogens with one attached hydrogen (secondary N) is 1. The highest BCUT2D eigenvalue weighted by atomic mass is 16.5. The molecule has 0 amide bonds. The predicted molar refractivity (Wildman–Crippen MR) is 90.1 cm³/mol. The summed E-state index contributed by atoms with van der Waals surface area (Å²) in [5.41, 5.74) is 2.23. The van der Waals surface area contributed by atoms with E-state index < -0.39 is 0 Å². The van der Waals surface area contributed by atoms with Crippen LogP contribution in [-0.4, -0.2) is 35.5 Å². The van der Waals surface area contributed by atoms with Gasteiger partial charge in [-0.2, -0.15) is 0 Å². The fraction of sp³-hybridized carbons (Fsp3) is 0.278. The normalized spacial score (nSPS) is 10.8. The monoisotopic (exact) mass is 298 g/mol. The van der Waals surface area contributed by atoms with Crippen molar-refractivity contribution in [3.8, 4) is 5.75 Å². The number of esters is 1. The van der Waals surface area contributed by atoms with Crippen molar-refractivity contribution in [3.05, 3.63) is 55.3 Å². The summed E-state index contributed by atoms with van der Waals surface area (Å²) < 4.78 is 5.10. The lowest BCUT2D eigenvalue weighted by Crippen LogP contribution is -2.26. The van der Waals surface area contributed by atoms with Crippen LogP contribution in [0.4, 0.5) is 0 Å². The van der Waals surface area contributed by atoms with E-state index >= 15 is 0 Å². The van der Waals surface area contributed by atoms with E-state index in [1.54, 1.807) is 0 Å². The number of carbonyl (C=O) groups excluding carboxylic acids is 1. The van der Waals surface area contributed by atoms with Crippen LogP contribution in [0.25, 0.3) is 10.9 Å². The molecule has 0 aliphatic rings. The zero-order valence-electron chi connectivity index (χ0n) is 13.0. The molecule has 0 radical (unpaired) electrons. The molecule has 4 nitrogen and oxygen atoms in total. The van der Waals surface area contributed by atoms with Gasteiger partial charge in [-0.1, -0.05) is 12.2 Å². The van der Waals surface area contributed by atoms with Crippen molar-refractivity contribution in [2.75, 3.05) is 19.6 Å². The molecule has 0 unspecified atom stereocenters. The number of carbonyl (C=O) groups is 1. The molecule has 4 heteroatoms. The molecule has 2 rings (SSSR count). The zero-order valence-corrected chi connectivity index (χ0v) is 13.0. The highest BCUT2D eigenvalue weighted by Gasteiger charge is 2.08. The second-order valence-corrected chi connectivity index (χ2v) is 5.20. The summed E-state index contributed by atoms with van der Waals surface area (Å²) in [5.74, 6) is 0.254. The van der Waals surface area contributed by atoms with Crippen molar-refractivity contribution < 1.29 is 9.53 Å². The first-order valence-electron chi connectivity index (χ1n) is 7.36. The number of hydrogen-bond donors (Lipinski definition) is 1. The van der Waals surface area contributed by atoms with E-state index in [0.717, 1.165) is 37.0 Å². The third kappa shape index (κ3) is 4.09. The Labute approximate surface area is 131 Å². The zero-order chi connectivity index (χ0) is 15.9. The average molecular weight is 298 g/mol. The number of benzene rings is 1. The Bertz CT molecular complexity index is 663. The van der Waals surface area contributed by atoms with Gasteiger partial charge in [-0.15, -0.1) is 13.2 Å². The van der Waals surface area contributed by atoms with Gasteiger partial charge in [0.05, 0.1) is 0 Å². The molecule has 1 aromatic heterocycles. The number of aromatic nitrogens is 1. The summed E-state index contributed by atoms with van der Waals surface area (Å²) in [6, 6.07) is 5.67. The molecule has 116 valence electrons. The van der Waals surface area contributed by atoms with Crippen LogP contribution < -0.4 is 4.74 Å². The molecule has 2 aromatic rings. The van der Waals surface area contributed by atoms with Gasteiger partial charge in [0.15, 0.2) is 0 Å². The maximum absolute atomic E-state index is 11.0. The quantitative estimate of drug-likeness (QED) is 0.462. The van der Waals surface area contributed by atoms with E-state index in [0.29, 0.717) is 5.75 Å². The average Bonchev–Trinajstić information content (AvgIpc) is 2.87. The smallest absolute Gasteiger partial charge is 0.308 e. The SMILES string of the molecule is C=CCN(CC=C)CCc1c[nH]c2cc(OC(C)=O)ccc12. The third-order valence-corrected chi connectivity index (χ3v) is 3.47. The molecule has 1 aromatic carbocycles. The Kier molecular flexibility index (Phi) is 5.55. The van der Waals surface area contributed by atoms with Gasteiger partial charge in [-0.05, 0) is 24.1 Å². The van der Waals surface area contributed by atoms with Crippen molar-refractivity contribution in [1.82, 2.24) is 9.88 Å². The summed E-state index contributed by atoms with van der Waals surface area (Å²) in [4.78, 5) is 16.5. The van der Waals surface area contributed by atoms with Crippen LogP contribution in [0.1, 0.15) is 12.5 Å². The molecular weight excluding hydrogens is 276 g/mol. The highest BCUT2D eigenvalue weighted by Crippen LogP contribution is 2.24. The summed E-state index contributed by atoms with van der Waals surface area (Å²) in [6.07, 6.45) is 6.77. The largest absolute Gasteiger partial charge is 0.427 e. The Morgan fingerprint density at radius 1 is 1.32 bits per heavy atom. The molecule has 22 heavy (non-hydrogen) atoms. The van der Waals surface area contributed by atoms with E-state index in [1.165, 1.54) is 12.5 Å². The highest BCUT2D eigenvalue weighted by molar-refractivity contribution is 5.85. The van der Waals surface area contributed by atoms with E-state index in [9.17, 15) is 4.79 Å². The van der Waals surface area contributed by atoms with Gasteiger partial charge < -0.3 is 9.72 Å².